The molecule has 1 atom stereocenters. The number of carboxylic acid groups (broad SMARTS) is 1. The van der Waals surface area contributed by atoms with E-state index in [0.29, 0.717) is 46.4 Å². The van der Waals surface area contributed by atoms with Crippen LogP contribution in [0, 0.1) is 11.8 Å². The molecule has 1 aliphatic heterocycles. The molecule has 0 spiro atoms. The van der Waals surface area contributed by atoms with E-state index >= 15 is 0 Å². The first-order valence-corrected chi connectivity index (χ1v) is 12.0. The number of benzene rings is 1. The van der Waals surface area contributed by atoms with Crippen LogP contribution in [0.15, 0.2) is 65.3 Å². The fourth-order valence-electron chi connectivity index (χ4n) is 4.43. The Bertz CT molecular complexity index is 1600. The number of carbonyl (C=O) groups excluding carboxylic acids is 2. The highest BCUT2D eigenvalue weighted by Gasteiger charge is 2.33. The van der Waals surface area contributed by atoms with Crippen molar-refractivity contribution < 1.29 is 23.9 Å². The van der Waals surface area contributed by atoms with Crippen LogP contribution in [0.3, 0.4) is 0 Å². The van der Waals surface area contributed by atoms with E-state index in [2.05, 4.69) is 27.2 Å². The van der Waals surface area contributed by atoms with Crippen molar-refractivity contribution in [1.82, 2.24) is 20.3 Å². The minimum Gasteiger partial charge on any atom is -0.480 e. The monoisotopic (exact) mass is 509 g/mol. The molecule has 0 radical (unpaired) electrons. The summed E-state index contributed by atoms with van der Waals surface area (Å²) in [6, 6.07) is 12.9. The molecule has 4 aromatic rings. The number of piperidine rings is 1. The van der Waals surface area contributed by atoms with Crippen molar-refractivity contribution in [3.8, 4) is 23.1 Å². The summed E-state index contributed by atoms with van der Waals surface area (Å²) in [4.78, 5) is 46.7. The highest BCUT2D eigenvalue weighted by atomic mass is 16.4. The lowest BCUT2D eigenvalue weighted by molar-refractivity contribution is -0.143. The molecule has 1 saturated heterocycles. The van der Waals surface area contributed by atoms with Crippen LogP contribution in [-0.4, -0.2) is 50.3 Å². The molecule has 0 saturated carbocycles. The number of fused-ring (bicyclic) bond motifs is 1. The molecule has 4 heterocycles. The molecule has 0 bridgehead atoms. The first-order chi connectivity index (χ1) is 18.4. The normalized spacial score (nSPS) is 15.0. The van der Waals surface area contributed by atoms with Gasteiger partial charge in [-0.3, -0.25) is 20.0 Å². The van der Waals surface area contributed by atoms with Crippen LogP contribution in [0.1, 0.15) is 51.5 Å². The molecule has 5 rings (SSSR count). The van der Waals surface area contributed by atoms with E-state index < -0.39 is 23.8 Å². The number of hydrogen-bond acceptors (Lipinski definition) is 7. The summed E-state index contributed by atoms with van der Waals surface area (Å²) in [6.07, 6.45) is 5.13. The number of aliphatic carboxylic acids is 1. The first-order valence-electron chi connectivity index (χ1n) is 12.0. The average Bonchev–Trinajstić information content (AvgIpc) is 3.44. The zero-order valence-electron chi connectivity index (χ0n) is 20.2. The molecule has 0 aliphatic carbocycles. The van der Waals surface area contributed by atoms with E-state index in [-0.39, 0.29) is 5.76 Å². The van der Waals surface area contributed by atoms with E-state index in [4.69, 9.17) is 10.3 Å². The van der Waals surface area contributed by atoms with Gasteiger partial charge in [0.05, 0.1) is 16.8 Å². The predicted molar refractivity (Wildman–Crippen MR) is 138 cm³/mol. The molecule has 38 heavy (non-hydrogen) atoms. The van der Waals surface area contributed by atoms with Crippen molar-refractivity contribution in [3.05, 3.63) is 83.6 Å². The Balaban J connectivity index is 1.35. The van der Waals surface area contributed by atoms with Gasteiger partial charge in [-0.1, -0.05) is 18.1 Å². The smallest absolute Gasteiger partial charge is 0.326 e. The number of amides is 2. The van der Waals surface area contributed by atoms with E-state index in [0.717, 1.165) is 18.4 Å². The van der Waals surface area contributed by atoms with Crippen LogP contribution < -0.4 is 11.3 Å². The van der Waals surface area contributed by atoms with Gasteiger partial charge >= 0.3 is 5.97 Å². The van der Waals surface area contributed by atoms with Gasteiger partial charge in [0.2, 0.25) is 0 Å². The average molecular weight is 510 g/mol. The van der Waals surface area contributed by atoms with Gasteiger partial charge < -0.3 is 14.4 Å². The number of nitrogens with zero attached hydrogens (tertiary/aromatic N) is 3. The predicted octanol–water partition coefficient (Wildman–Crippen LogP) is 2.97. The lowest BCUT2D eigenvalue weighted by Gasteiger charge is -2.32. The van der Waals surface area contributed by atoms with Crippen molar-refractivity contribution >= 4 is 28.7 Å². The van der Waals surface area contributed by atoms with Crippen molar-refractivity contribution in [2.45, 2.75) is 25.3 Å². The summed E-state index contributed by atoms with van der Waals surface area (Å²) in [5, 5.41) is 10.0. The Hall–Kier alpha value is -5.01. The van der Waals surface area contributed by atoms with Gasteiger partial charge in [-0.15, -0.1) is 0 Å². The molecule has 1 fully saturated rings. The molecule has 3 aromatic heterocycles. The number of carbonyl (C=O) groups is 3. The quantitative estimate of drug-likeness (QED) is 0.164. The topological polar surface area (TPSA) is 152 Å². The molecular formula is C28H23N5O5. The van der Waals surface area contributed by atoms with E-state index in [1.54, 1.807) is 30.6 Å². The number of pyridine rings is 2. The van der Waals surface area contributed by atoms with Crippen LogP contribution in [0.5, 0.6) is 0 Å². The van der Waals surface area contributed by atoms with Crippen molar-refractivity contribution in [2.24, 2.45) is 5.84 Å². The fraction of sp³-hybridized carbons (Fsp3) is 0.179. The fourth-order valence-corrected chi connectivity index (χ4v) is 4.43. The van der Waals surface area contributed by atoms with Gasteiger partial charge in [0.1, 0.15) is 6.04 Å². The number of carboxylic acids is 1. The zero-order chi connectivity index (χ0) is 26.6. The van der Waals surface area contributed by atoms with Crippen molar-refractivity contribution in [3.63, 3.8) is 0 Å². The minimum absolute atomic E-state index is 0.0627. The van der Waals surface area contributed by atoms with E-state index in [1.165, 1.54) is 11.0 Å². The second-order valence-electron chi connectivity index (χ2n) is 8.76. The molecule has 10 nitrogen and oxygen atoms in total. The standard InChI is InChI=1S/C28H23N5O5/c29-32-26(34)20-15-23(31-22-12-13-30-16-21(20)22)18-7-4-17(5-8-18)6-9-19-10-11-25(38-19)27(35)33-14-2-1-3-24(33)28(36)37/h4-5,7-8,10-13,15-16,24H,1-3,14,29H2,(H,32,34)(H,36,37). The lowest BCUT2D eigenvalue weighted by Crippen LogP contribution is -2.47. The summed E-state index contributed by atoms with van der Waals surface area (Å²) in [5.41, 5.74) is 5.21. The maximum Gasteiger partial charge on any atom is 0.326 e. The molecule has 1 unspecified atom stereocenters. The zero-order valence-corrected chi connectivity index (χ0v) is 20.2. The largest absolute Gasteiger partial charge is 0.480 e. The summed E-state index contributed by atoms with van der Waals surface area (Å²) < 4.78 is 5.61. The maximum absolute atomic E-state index is 12.8. The van der Waals surface area contributed by atoms with Gasteiger partial charge in [-0.25, -0.2) is 15.6 Å². The number of furan rings is 1. The summed E-state index contributed by atoms with van der Waals surface area (Å²) in [7, 11) is 0. The number of rotatable bonds is 4. The Morgan fingerprint density at radius 2 is 1.89 bits per heavy atom. The van der Waals surface area contributed by atoms with E-state index in [1.807, 2.05) is 24.3 Å². The highest BCUT2D eigenvalue weighted by molar-refractivity contribution is 6.06. The van der Waals surface area contributed by atoms with Gasteiger partial charge in [0, 0.05) is 35.5 Å². The third kappa shape index (κ3) is 4.96. The number of aromatic nitrogens is 2. The maximum atomic E-state index is 12.8. The molecule has 190 valence electrons. The van der Waals surface area contributed by atoms with Crippen LogP contribution in [-0.2, 0) is 4.79 Å². The molecule has 2 amide bonds. The number of nitrogens with two attached hydrogens (primary N) is 1. The molecule has 4 N–H and O–H groups in total. The minimum atomic E-state index is -1.01. The summed E-state index contributed by atoms with van der Waals surface area (Å²) in [5.74, 6) is 9.70. The van der Waals surface area contributed by atoms with Gasteiger partial charge in [0.15, 0.2) is 11.5 Å². The summed E-state index contributed by atoms with van der Waals surface area (Å²) >= 11 is 0. The molecule has 1 aromatic carbocycles. The number of nitrogens with one attached hydrogen (secondary N) is 1. The Labute approximate surface area is 217 Å². The van der Waals surface area contributed by atoms with Crippen LogP contribution in [0.4, 0.5) is 0 Å². The Morgan fingerprint density at radius 1 is 1.08 bits per heavy atom. The number of nitrogen functional groups attached to an aromatic ring is 1. The highest BCUT2D eigenvalue weighted by Crippen LogP contribution is 2.25. The third-order valence-corrected chi connectivity index (χ3v) is 6.36. The van der Waals surface area contributed by atoms with Crippen LogP contribution in [0.25, 0.3) is 22.2 Å². The molecule has 10 heteroatoms. The third-order valence-electron chi connectivity index (χ3n) is 6.36. The Morgan fingerprint density at radius 3 is 2.66 bits per heavy atom. The van der Waals surface area contributed by atoms with Crippen molar-refractivity contribution in [2.75, 3.05) is 6.54 Å². The number of hydrogen-bond donors (Lipinski definition) is 3. The second-order valence-corrected chi connectivity index (χ2v) is 8.76. The second kappa shape index (κ2) is 10.5. The van der Waals surface area contributed by atoms with Crippen LogP contribution >= 0.6 is 0 Å². The first kappa shape index (κ1) is 24.7. The molecular weight excluding hydrogens is 486 g/mol. The molecule has 1 aliphatic rings. The lowest BCUT2D eigenvalue weighted by atomic mass is 10.0. The number of hydrazine groups is 1. The van der Waals surface area contributed by atoms with Crippen molar-refractivity contribution in [1.29, 1.82) is 0 Å². The number of likely N-dealkylation sites (tertiary alicyclic amines) is 1. The van der Waals surface area contributed by atoms with Gasteiger partial charge in [-0.2, -0.15) is 0 Å². The van der Waals surface area contributed by atoms with Gasteiger partial charge in [0.25, 0.3) is 11.8 Å². The van der Waals surface area contributed by atoms with Crippen LogP contribution in [0.2, 0.25) is 0 Å². The Kier molecular flexibility index (Phi) is 6.84. The summed E-state index contributed by atoms with van der Waals surface area (Å²) in [6.45, 7) is 0.380. The van der Waals surface area contributed by atoms with Gasteiger partial charge in [-0.05, 0) is 61.6 Å². The SMILES string of the molecule is NNC(=O)c1cc(-c2ccc(C#Cc3ccc(C(=O)N4CCCCC4C(=O)O)o3)cc2)nc2ccncc12. The van der Waals surface area contributed by atoms with E-state index in [9.17, 15) is 19.5 Å².